The minimum Gasteiger partial charge on any atom is -0.395 e. The van der Waals surface area contributed by atoms with E-state index >= 15 is 0 Å². The average Bonchev–Trinajstić information content (AvgIpc) is 2.85. The molecular weight excluding hydrogens is 214 g/mol. The molecule has 0 amide bonds. The van der Waals surface area contributed by atoms with Crippen molar-refractivity contribution in [3.8, 4) is 6.07 Å². The van der Waals surface area contributed by atoms with Crippen LogP contribution in [-0.2, 0) is 0 Å². The first-order valence-electron chi connectivity index (χ1n) is 5.93. The first-order valence-corrected chi connectivity index (χ1v) is 5.93. The molecular formula is C13H17N3O. The molecule has 1 aromatic carbocycles. The summed E-state index contributed by atoms with van der Waals surface area (Å²) < 4.78 is 0. The number of hydrogen-bond acceptors (Lipinski definition) is 4. The average molecular weight is 231 g/mol. The summed E-state index contributed by atoms with van der Waals surface area (Å²) in [5, 5.41) is 20.8. The van der Waals surface area contributed by atoms with Crippen molar-refractivity contribution in [2.45, 2.75) is 12.5 Å². The Hall–Kier alpha value is -1.57. The number of rotatable bonds is 4. The van der Waals surface area contributed by atoms with Gasteiger partial charge >= 0.3 is 0 Å². The fourth-order valence-electron chi connectivity index (χ4n) is 2.18. The first-order chi connectivity index (χ1) is 8.33. The zero-order valence-electron chi connectivity index (χ0n) is 9.76. The molecule has 1 aromatic rings. The van der Waals surface area contributed by atoms with Gasteiger partial charge in [-0.05, 0) is 30.7 Å². The summed E-state index contributed by atoms with van der Waals surface area (Å²) in [6.45, 7) is 2.83. The molecule has 1 fully saturated rings. The van der Waals surface area contributed by atoms with Gasteiger partial charge in [-0.2, -0.15) is 5.26 Å². The summed E-state index contributed by atoms with van der Waals surface area (Å²) in [5.41, 5.74) is 1.86. The van der Waals surface area contributed by atoms with Crippen LogP contribution in [0, 0.1) is 11.3 Å². The zero-order chi connectivity index (χ0) is 12.1. The Kier molecular flexibility index (Phi) is 3.97. The van der Waals surface area contributed by atoms with Gasteiger partial charge in [0.2, 0.25) is 0 Å². The van der Waals surface area contributed by atoms with Crippen LogP contribution >= 0.6 is 0 Å². The maximum atomic E-state index is 8.76. The standard InChI is InChI=1S/C13H17N3O/c14-9-11-1-3-13(4-2-11)16-7-5-12(10-16)15-6-8-17/h1-4,12,15,17H,5-8,10H2. The lowest BCUT2D eigenvalue weighted by atomic mass is 10.2. The van der Waals surface area contributed by atoms with Crippen LogP contribution in [0.3, 0.4) is 0 Å². The molecule has 1 aliphatic heterocycles. The van der Waals surface area contributed by atoms with E-state index in [2.05, 4.69) is 16.3 Å². The highest BCUT2D eigenvalue weighted by atomic mass is 16.3. The first kappa shape index (κ1) is 11.9. The predicted molar refractivity (Wildman–Crippen MR) is 66.9 cm³/mol. The molecule has 1 heterocycles. The molecule has 0 saturated carbocycles. The van der Waals surface area contributed by atoms with E-state index in [0.29, 0.717) is 18.2 Å². The number of aliphatic hydroxyl groups excluding tert-OH is 1. The zero-order valence-corrected chi connectivity index (χ0v) is 9.76. The van der Waals surface area contributed by atoms with Gasteiger partial charge in [0, 0.05) is 31.4 Å². The molecule has 1 saturated heterocycles. The third-order valence-electron chi connectivity index (χ3n) is 3.09. The van der Waals surface area contributed by atoms with E-state index in [1.165, 1.54) is 0 Å². The van der Waals surface area contributed by atoms with Crippen LogP contribution < -0.4 is 10.2 Å². The van der Waals surface area contributed by atoms with E-state index in [4.69, 9.17) is 10.4 Å². The van der Waals surface area contributed by atoms with Crippen LogP contribution in [0.2, 0.25) is 0 Å². The number of anilines is 1. The van der Waals surface area contributed by atoms with Gasteiger partial charge in [0.05, 0.1) is 18.2 Å². The van der Waals surface area contributed by atoms with E-state index in [1.54, 1.807) is 0 Å². The van der Waals surface area contributed by atoms with Crippen LogP contribution in [0.4, 0.5) is 5.69 Å². The van der Waals surface area contributed by atoms with Crippen molar-refractivity contribution in [2.24, 2.45) is 0 Å². The van der Waals surface area contributed by atoms with Gasteiger partial charge < -0.3 is 15.3 Å². The van der Waals surface area contributed by atoms with E-state index in [1.807, 2.05) is 24.3 Å². The molecule has 4 heteroatoms. The lowest BCUT2D eigenvalue weighted by molar-refractivity contribution is 0.286. The molecule has 4 nitrogen and oxygen atoms in total. The largest absolute Gasteiger partial charge is 0.395 e. The predicted octanol–water partition coefficient (Wildman–Crippen LogP) is 0.719. The molecule has 1 atom stereocenters. The van der Waals surface area contributed by atoms with Crippen molar-refractivity contribution in [2.75, 3.05) is 31.1 Å². The number of benzene rings is 1. The SMILES string of the molecule is N#Cc1ccc(N2CCC(NCCO)C2)cc1. The second-order valence-corrected chi connectivity index (χ2v) is 4.27. The number of nitrogens with zero attached hydrogens (tertiary/aromatic N) is 2. The monoisotopic (exact) mass is 231 g/mol. The summed E-state index contributed by atoms with van der Waals surface area (Å²) >= 11 is 0. The lowest BCUT2D eigenvalue weighted by Gasteiger charge is -2.19. The Morgan fingerprint density at radius 1 is 1.41 bits per heavy atom. The molecule has 90 valence electrons. The maximum Gasteiger partial charge on any atom is 0.0991 e. The van der Waals surface area contributed by atoms with Gasteiger partial charge in [-0.25, -0.2) is 0 Å². The normalized spacial score (nSPS) is 19.3. The van der Waals surface area contributed by atoms with Crippen molar-refractivity contribution in [3.05, 3.63) is 29.8 Å². The van der Waals surface area contributed by atoms with E-state index in [-0.39, 0.29) is 6.61 Å². The second-order valence-electron chi connectivity index (χ2n) is 4.27. The molecule has 0 aromatic heterocycles. The van der Waals surface area contributed by atoms with Gasteiger partial charge in [-0.15, -0.1) is 0 Å². The second kappa shape index (κ2) is 5.67. The fourth-order valence-corrected chi connectivity index (χ4v) is 2.18. The number of nitrogens with one attached hydrogen (secondary N) is 1. The van der Waals surface area contributed by atoms with E-state index < -0.39 is 0 Å². The quantitative estimate of drug-likeness (QED) is 0.801. The Labute approximate surface area is 101 Å². The molecule has 2 rings (SSSR count). The Morgan fingerprint density at radius 3 is 2.82 bits per heavy atom. The summed E-state index contributed by atoms with van der Waals surface area (Å²) in [4.78, 5) is 2.30. The Balaban J connectivity index is 1.93. The molecule has 2 N–H and O–H groups in total. The van der Waals surface area contributed by atoms with Crippen LogP contribution in [0.5, 0.6) is 0 Å². The van der Waals surface area contributed by atoms with E-state index in [9.17, 15) is 0 Å². The number of hydrogen-bond donors (Lipinski definition) is 2. The molecule has 0 radical (unpaired) electrons. The van der Waals surface area contributed by atoms with Gasteiger partial charge in [0.1, 0.15) is 0 Å². The Morgan fingerprint density at radius 2 is 2.18 bits per heavy atom. The van der Waals surface area contributed by atoms with Gasteiger partial charge in [-0.1, -0.05) is 0 Å². The number of aliphatic hydroxyl groups is 1. The number of nitriles is 1. The minimum absolute atomic E-state index is 0.188. The minimum atomic E-state index is 0.188. The van der Waals surface area contributed by atoms with Gasteiger partial charge in [-0.3, -0.25) is 0 Å². The van der Waals surface area contributed by atoms with Gasteiger partial charge in [0.25, 0.3) is 0 Å². The maximum absolute atomic E-state index is 8.76. The summed E-state index contributed by atoms with van der Waals surface area (Å²) in [5.74, 6) is 0. The van der Waals surface area contributed by atoms with Crippen molar-refractivity contribution in [3.63, 3.8) is 0 Å². The van der Waals surface area contributed by atoms with Crippen LogP contribution in [0.25, 0.3) is 0 Å². The van der Waals surface area contributed by atoms with Crippen LogP contribution in [0.1, 0.15) is 12.0 Å². The third-order valence-corrected chi connectivity index (χ3v) is 3.09. The fraction of sp³-hybridized carbons (Fsp3) is 0.462. The van der Waals surface area contributed by atoms with Crippen molar-refractivity contribution < 1.29 is 5.11 Å². The smallest absolute Gasteiger partial charge is 0.0991 e. The summed E-state index contributed by atoms with van der Waals surface area (Å²) in [6, 6.07) is 10.3. The highest BCUT2D eigenvalue weighted by molar-refractivity contribution is 5.50. The molecule has 0 aliphatic carbocycles. The topological polar surface area (TPSA) is 59.3 Å². The molecule has 17 heavy (non-hydrogen) atoms. The van der Waals surface area contributed by atoms with Crippen LogP contribution in [-0.4, -0.2) is 37.4 Å². The van der Waals surface area contributed by atoms with E-state index in [0.717, 1.165) is 25.2 Å². The van der Waals surface area contributed by atoms with Crippen LogP contribution in [0.15, 0.2) is 24.3 Å². The van der Waals surface area contributed by atoms with Crippen molar-refractivity contribution in [1.82, 2.24) is 5.32 Å². The van der Waals surface area contributed by atoms with Gasteiger partial charge in [0.15, 0.2) is 0 Å². The molecule has 1 aliphatic rings. The van der Waals surface area contributed by atoms with Crippen molar-refractivity contribution in [1.29, 1.82) is 5.26 Å². The summed E-state index contributed by atoms with van der Waals surface area (Å²) in [6.07, 6.45) is 1.10. The van der Waals surface area contributed by atoms with Crippen molar-refractivity contribution >= 4 is 5.69 Å². The highest BCUT2D eigenvalue weighted by Gasteiger charge is 2.21. The molecule has 0 bridgehead atoms. The summed E-state index contributed by atoms with van der Waals surface area (Å²) in [7, 11) is 0. The Bertz CT molecular complexity index is 396. The lowest BCUT2D eigenvalue weighted by Crippen LogP contribution is -2.34. The third kappa shape index (κ3) is 2.96. The molecule has 0 spiro atoms. The molecule has 1 unspecified atom stereocenters. The highest BCUT2D eigenvalue weighted by Crippen LogP contribution is 2.20.